The number of rotatable bonds is 9. The fraction of sp³-hybridized carbons (Fsp3) is 0.400. The van der Waals surface area contributed by atoms with Crippen LogP contribution in [0.15, 0.2) is 58.2 Å². The topological polar surface area (TPSA) is 94.7 Å². The Morgan fingerprint density at radius 2 is 0.962 bits per heavy atom. The fourth-order valence-corrected chi connectivity index (χ4v) is 9.00. The molecule has 7 nitrogen and oxygen atoms in total. The molecule has 2 aliphatic rings. The molecule has 7 heterocycles. The van der Waals surface area contributed by atoms with Crippen molar-refractivity contribution in [2.24, 2.45) is 4.99 Å². The smallest absolute Gasteiger partial charge is 0.137 e. The summed E-state index contributed by atoms with van der Waals surface area (Å²) in [5.74, 6) is 0. The van der Waals surface area contributed by atoms with Crippen LogP contribution in [0.2, 0.25) is 0 Å². The molecule has 1 atom stereocenters. The van der Waals surface area contributed by atoms with E-state index in [-0.39, 0.29) is 6.10 Å². The van der Waals surface area contributed by atoms with Gasteiger partial charge in [0.2, 0.25) is 0 Å². The van der Waals surface area contributed by atoms with Crippen LogP contribution >= 0.6 is 0 Å². The molecule has 7 heteroatoms. The summed E-state index contributed by atoms with van der Waals surface area (Å²) >= 11 is 0. The lowest BCUT2D eigenvalue weighted by Gasteiger charge is -2.17. The van der Waals surface area contributed by atoms with Crippen molar-refractivity contribution in [3.63, 3.8) is 0 Å². The number of aromatic amines is 3. The van der Waals surface area contributed by atoms with Crippen LogP contribution in [0.1, 0.15) is 130 Å². The number of H-pyrrole nitrogens is 3. The number of aliphatic imine (C=N–C) groups is 1. The minimum Gasteiger partial charge on any atom is -0.369 e. The predicted molar refractivity (Wildman–Crippen MR) is 215 cm³/mol. The molecule has 0 fully saturated rings. The summed E-state index contributed by atoms with van der Waals surface area (Å²) < 4.78 is 6.48. The van der Waals surface area contributed by atoms with Crippen LogP contribution < -0.4 is 0 Å². The third kappa shape index (κ3) is 5.65. The third-order valence-electron chi connectivity index (χ3n) is 11.3. The number of ether oxygens (including phenoxy) is 1. The molecule has 5 aromatic rings. The number of hydrogen-bond donors (Lipinski definition) is 3. The van der Waals surface area contributed by atoms with Crippen LogP contribution in [0, 0.1) is 0 Å². The van der Waals surface area contributed by atoms with Crippen LogP contribution in [0.4, 0.5) is 0 Å². The number of hydrogen-bond acceptors (Lipinski definition) is 4. The highest BCUT2D eigenvalue weighted by Crippen LogP contribution is 2.41. The first kappa shape index (κ1) is 35.6. The molecule has 0 aliphatic carbocycles. The van der Waals surface area contributed by atoms with Gasteiger partial charge in [-0.1, -0.05) is 67.5 Å². The fourth-order valence-electron chi connectivity index (χ4n) is 9.00. The minimum atomic E-state index is -0.307. The Balaban J connectivity index is 1.59. The molecule has 0 saturated heterocycles. The summed E-state index contributed by atoms with van der Waals surface area (Å²) in [5.41, 5.74) is 22.7. The number of methoxy groups -OCH3 is 1. The number of aromatic nitrogens is 5. The maximum atomic E-state index is 6.48. The van der Waals surface area contributed by atoms with Crippen molar-refractivity contribution >= 4 is 11.8 Å². The summed E-state index contributed by atoms with van der Waals surface area (Å²) in [4.78, 5) is 27.8. The molecule has 2 aliphatic heterocycles. The van der Waals surface area contributed by atoms with Crippen LogP contribution in [0.5, 0.6) is 0 Å². The Bertz CT molecular complexity index is 2230. The molecule has 0 spiro atoms. The van der Waals surface area contributed by atoms with Crippen molar-refractivity contribution in [2.45, 2.75) is 113 Å². The Kier molecular flexibility index (Phi) is 10.1. The predicted octanol–water partition coefficient (Wildman–Crippen LogP) is 10.8. The SMILES string of the molecule is CCC1=C(CC)/C2=C/c3[nH]c(c(CC)c3CC)-c3cccc(n3)-c3[nH]c(c(CC)c3CC)C(OC)c3[nH]c(c(CC)c3CC)-c3cccc(n3)C1=N2. The molecule has 5 aromatic heterocycles. The minimum absolute atomic E-state index is 0.307. The molecule has 3 N–H and O–H groups in total. The Morgan fingerprint density at radius 1 is 0.519 bits per heavy atom. The van der Waals surface area contributed by atoms with Gasteiger partial charge in [0.05, 0.1) is 62.7 Å². The zero-order valence-corrected chi connectivity index (χ0v) is 32.5. The molecule has 0 saturated carbocycles. The van der Waals surface area contributed by atoms with Gasteiger partial charge in [-0.3, -0.25) is 0 Å². The van der Waals surface area contributed by atoms with E-state index in [9.17, 15) is 0 Å². The quantitative estimate of drug-likeness (QED) is 0.143. The van der Waals surface area contributed by atoms with E-state index in [1.165, 1.54) is 44.5 Å². The maximum Gasteiger partial charge on any atom is 0.137 e. The number of nitrogens with one attached hydrogen (secondary N) is 3. The van der Waals surface area contributed by atoms with E-state index in [4.69, 9.17) is 19.7 Å². The van der Waals surface area contributed by atoms with E-state index < -0.39 is 0 Å². The van der Waals surface area contributed by atoms with Crippen LogP contribution in [-0.4, -0.2) is 37.7 Å². The van der Waals surface area contributed by atoms with E-state index in [1.807, 2.05) is 7.11 Å². The number of allylic oxidation sites excluding steroid dienone is 2. The van der Waals surface area contributed by atoms with Crippen molar-refractivity contribution in [3.05, 3.63) is 109 Å². The molecular weight excluding hydrogens is 641 g/mol. The van der Waals surface area contributed by atoms with Crippen LogP contribution in [0.3, 0.4) is 0 Å². The highest BCUT2D eigenvalue weighted by Gasteiger charge is 2.31. The number of fused-ring (bicyclic) bond motifs is 15. The summed E-state index contributed by atoms with van der Waals surface area (Å²) in [6, 6.07) is 12.8. The molecular formula is C45H54N6O. The zero-order chi connectivity index (χ0) is 36.7. The van der Waals surface area contributed by atoms with Gasteiger partial charge in [0, 0.05) is 12.8 Å². The summed E-state index contributed by atoms with van der Waals surface area (Å²) in [7, 11) is 1.83. The van der Waals surface area contributed by atoms with E-state index in [1.54, 1.807) is 0 Å². The molecule has 1 unspecified atom stereocenters. The summed E-state index contributed by atoms with van der Waals surface area (Å²) in [6.07, 6.45) is 9.13. The van der Waals surface area contributed by atoms with Crippen molar-refractivity contribution in [2.75, 3.05) is 7.11 Å². The first-order valence-corrected chi connectivity index (χ1v) is 19.6. The average molecular weight is 695 g/mol. The lowest BCUT2D eigenvalue weighted by molar-refractivity contribution is 0.129. The summed E-state index contributed by atoms with van der Waals surface area (Å²) in [5, 5.41) is 0. The lowest BCUT2D eigenvalue weighted by Crippen LogP contribution is -2.10. The zero-order valence-electron chi connectivity index (χ0n) is 32.5. The van der Waals surface area contributed by atoms with Gasteiger partial charge >= 0.3 is 0 Å². The van der Waals surface area contributed by atoms with Crippen LogP contribution in [0.25, 0.3) is 40.2 Å². The largest absolute Gasteiger partial charge is 0.369 e. The van der Waals surface area contributed by atoms with Gasteiger partial charge in [-0.2, -0.15) is 0 Å². The second-order valence-electron chi connectivity index (χ2n) is 13.8. The second kappa shape index (κ2) is 14.7. The lowest BCUT2D eigenvalue weighted by atomic mass is 9.95. The van der Waals surface area contributed by atoms with E-state index in [0.29, 0.717) is 0 Å². The first-order valence-electron chi connectivity index (χ1n) is 19.6. The van der Waals surface area contributed by atoms with Gasteiger partial charge in [0.25, 0.3) is 0 Å². The molecule has 270 valence electrons. The molecule has 0 amide bonds. The van der Waals surface area contributed by atoms with Gasteiger partial charge < -0.3 is 19.7 Å². The van der Waals surface area contributed by atoms with Crippen molar-refractivity contribution in [1.29, 1.82) is 0 Å². The van der Waals surface area contributed by atoms with Crippen molar-refractivity contribution < 1.29 is 4.74 Å². The van der Waals surface area contributed by atoms with Gasteiger partial charge in [0.15, 0.2) is 0 Å². The van der Waals surface area contributed by atoms with Crippen molar-refractivity contribution in [1.82, 2.24) is 24.9 Å². The van der Waals surface area contributed by atoms with Gasteiger partial charge in [-0.05, 0) is 126 Å². The second-order valence-corrected chi connectivity index (χ2v) is 13.8. The summed E-state index contributed by atoms with van der Waals surface area (Å²) in [6.45, 7) is 17.9. The molecule has 7 rings (SSSR count). The monoisotopic (exact) mass is 694 g/mol. The Hall–Kier alpha value is -4.75. The normalized spacial score (nSPS) is 16.3. The van der Waals surface area contributed by atoms with E-state index in [0.717, 1.165) is 120 Å². The van der Waals surface area contributed by atoms with Gasteiger partial charge in [-0.25, -0.2) is 15.0 Å². The molecule has 12 bridgehead atoms. The van der Waals surface area contributed by atoms with E-state index in [2.05, 4.69) is 113 Å². The molecule has 0 aromatic carbocycles. The van der Waals surface area contributed by atoms with Crippen molar-refractivity contribution in [3.8, 4) is 34.2 Å². The maximum absolute atomic E-state index is 6.48. The Morgan fingerprint density at radius 3 is 1.42 bits per heavy atom. The Labute approximate surface area is 309 Å². The number of pyridine rings is 2. The molecule has 0 radical (unpaired) electrons. The molecule has 52 heavy (non-hydrogen) atoms. The first-order chi connectivity index (χ1) is 25.4. The van der Waals surface area contributed by atoms with Crippen LogP contribution in [-0.2, 0) is 43.3 Å². The standard InChI is InChI=1S/C45H54N6O/c1-10-25-27(12-3)39-33-20-18-22-35(46-33)41-29(14-5)31(16-7)43(50-41)45(52-9)44-32(17-8)30(15-6)42(51-44)36-23-19-21-34(47-36)40-28(13-4)26(11-2)38(49-40)24-37(25)48-39/h18-24,45,48,50-51H,10-17H2,1-9H3/b38-24-. The third-order valence-corrected chi connectivity index (χ3v) is 11.3. The average Bonchev–Trinajstić information content (AvgIpc) is 3.94. The van der Waals surface area contributed by atoms with Gasteiger partial charge in [-0.15, -0.1) is 0 Å². The highest BCUT2D eigenvalue weighted by atomic mass is 16.5. The van der Waals surface area contributed by atoms with E-state index >= 15 is 0 Å². The number of nitrogens with zero attached hydrogens (tertiary/aromatic N) is 3. The highest BCUT2D eigenvalue weighted by molar-refractivity contribution is 6.15. The van der Waals surface area contributed by atoms with Gasteiger partial charge in [0.1, 0.15) is 6.10 Å².